The molecule has 0 saturated carbocycles. The van der Waals surface area contributed by atoms with Crippen molar-refractivity contribution in [1.29, 1.82) is 0 Å². The summed E-state index contributed by atoms with van der Waals surface area (Å²) in [6.45, 7) is 4.53. The van der Waals surface area contributed by atoms with Crippen LogP contribution in [0.3, 0.4) is 0 Å². The fraction of sp³-hybridized carbons (Fsp3) is 0.235. The van der Waals surface area contributed by atoms with Gasteiger partial charge in [-0.25, -0.2) is 5.01 Å². The van der Waals surface area contributed by atoms with Crippen LogP contribution in [0.5, 0.6) is 5.75 Å². The number of non-ortho nitro benzene ring substituents is 1. The number of nitro benzene ring substituents is 1. The Morgan fingerprint density at radius 2 is 1.84 bits per heavy atom. The summed E-state index contributed by atoms with van der Waals surface area (Å²) in [5.74, 6) is 0.808. The van der Waals surface area contributed by atoms with Crippen LogP contribution in [-0.2, 0) is 5.66 Å². The lowest BCUT2D eigenvalue weighted by Crippen LogP contribution is -2.45. The Morgan fingerprint density at radius 3 is 2.40 bits per heavy atom. The molecule has 2 aromatic carbocycles. The monoisotopic (exact) mass is 358 g/mol. The number of nitrogens with one attached hydrogen (secondary N) is 2. The highest BCUT2D eigenvalue weighted by Crippen LogP contribution is 2.28. The van der Waals surface area contributed by atoms with Gasteiger partial charge in [0, 0.05) is 12.1 Å². The molecule has 8 heteroatoms. The van der Waals surface area contributed by atoms with E-state index in [1.54, 1.807) is 17.1 Å². The summed E-state index contributed by atoms with van der Waals surface area (Å²) < 4.78 is 5.47. The number of hydrazine groups is 1. The lowest BCUT2D eigenvalue weighted by Gasteiger charge is -2.26. The molecular formula is C17H18N4O3S. The van der Waals surface area contributed by atoms with Crippen LogP contribution in [0.4, 0.5) is 11.4 Å². The largest absolute Gasteiger partial charge is 0.494 e. The van der Waals surface area contributed by atoms with Gasteiger partial charge in [0.05, 0.1) is 17.2 Å². The van der Waals surface area contributed by atoms with Crippen LogP contribution in [0.15, 0.2) is 48.5 Å². The molecule has 1 saturated heterocycles. The number of anilines is 1. The zero-order valence-corrected chi connectivity index (χ0v) is 14.7. The summed E-state index contributed by atoms with van der Waals surface area (Å²) in [5, 5.41) is 16.2. The van der Waals surface area contributed by atoms with Gasteiger partial charge < -0.3 is 10.1 Å². The molecule has 2 aromatic rings. The maximum absolute atomic E-state index is 10.8. The van der Waals surface area contributed by atoms with Crippen molar-refractivity contribution in [3.8, 4) is 5.75 Å². The third kappa shape index (κ3) is 3.40. The van der Waals surface area contributed by atoms with E-state index in [0.29, 0.717) is 11.7 Å². The fourth-order valence-corrected chi connectivity index (χ4v) is 3.02. The summed E-state index contributed by atoms with van der Waals surface area (Å²) in [4.78, 5) is 10.4. The molecular weight excluding hydrogens is 340 g/mol. The minimum atomic E-state index is -0.594. The first-order chi connectivity index (χ1) is 11.9. The smallest absolute Gasteiger partial charge is 0.269 e. The lowest BCUT2D eigenvalue weighted by molar-refractivity contribution is -0.384. The number of nitro groups is 1. The average Bonchev–Trinajstić information content (AvgIpc) is 2.92. The molecule has 0 spiro atoms. The van der Waals surface area contributed by atoms with Crippen molar-refractivity contribution in [3.05, 3.63) is 64.2 Å². The summed E-state index contributed by atoms with van der Waals surface area (Å²) in [7, 11) is 0. The molecule has 1 heterocycles. The number of rotatable bonds is 5. The zero-order valence-electron chi connectivity index (χ0n) is 13.9. The molecule has 130 valence electrons. The van der Waals surface area contributed by atoms with Crippen molar-refractivity contribution < 1.29 is 9.66 Å². The molecule has 1 aliphatic rings. The highest BCUT2D eigenvalue weighted by atomic mass is 32.1. The third-order valence-corrected chi connectivity index (χ3v) is 4.24. The van der Waals surface area contributed by atoms with E-state index in [9.17, 15) is 10.1 Å². The van der Waals surface area contributed by atoms with E-state index >= 15 is 0 Å². The van der Waals surface area contributed by atoms with Gasteiger partial charge in [0.15, 0.2) is 5.11 Å². The van der Waals surface area contributed by atoms with Gasteiger partial charge in [0.1, 0.15) is 11.4 Å². The summed E-state index contributed by atoms with van der Waals surface area (Å²) in [5.41, 5.74) is 4.47. The lowest BCUT2D eigenvalue weighted by atomic mass is 10.0. The van der Waals surface area contributed by atoms with Crippen LogP contribution >= 0.6 is 12.2 Å². The van der Waals surface area contributed by atoms with Gasteiger partial charge in [-0.05, 0) is 55.9 Å². The highest BCUT2D eigenvalue weighted by Gasteiger charge is 2.38. The molecule has 1 fully saturated rings. The van der Waals surface area contributed by atoms with E-state index in [0.717, 1.165) is 17.0 Å². The summed E-state index contributed by atoms with van der Waals surface area (Å²) in [6.07, 6.45) is 0. The molecule has 7 nitrogen and oxygen atoms in total. The molecule has 0 aliphatic carbocycles. The topological polar surface area (TPSA) is 79.7 Å². The molecule has 1 aliphatic heterocycles. The van der Waals surface area contributed by atoms with E-state index in [1.807, 2.05) is 38.1 Å². The van der Waals surface area contributed by atoms with Gasteiger partial charge in [-0.2, -0.15) is 5.43 Å². The molecule has 0 radical (unpaired) electrons. The van der Waals surface area contributed by atoms with Gasteiger partial charge in [0.25, 0.3) is 5.69 Å². The van der Waals surface area contributed by atoms with Crippen LogP contribution in [0.1, 0.15) is 19.4 Å². The van der Waals surface area contributed by atoms with E-state index in [2.05, 4.69) is 10.7 Å². The number of hydrogen-bond donors (Lipinski definition) is 2. The van der Waals surface area contributed by atoms with E-state index in [1.165, 1.54) is 12.1 Å². The number of nitrogens with zero attached hydrogens (tertiary/aromatic N) is 2. The standard InChI is InChI=1S/C17H18N4O3S/c1-3-24-15-10-4-12(5-11-15)17(2)18-16(25)20(19-17)13-6-8-14(9-7-13)21(22)23/h4-11,19H,3H2,1-2H3,(H,18,25)/t17-/m1/s1. The van der Waals surface area contributed by atoms with E-state index in [-0.39, 0.29) is 5.69 Å². The Hall–Kier alpha value is -2.71. The number of hydrogen-bond acceptors (Lipinski definition) is 5. The van der Waals surface area contributed by atoms with Crippen LogP contribution in [0, 0.1) is 10.1 Å². The van der Waals surface area contributed by atoms with Crippen molar-refractivity contribution >= 4 is 28.7 Å². The van der Waals surface area contributed by atoms with Gasteiger partial charge in [-0.15, -0.1) is 0 Å². The maximum Gasteiger partial charge on any atom is 0.269 e. The molecule has 1 atom stereocenters. The van der Waals surface area contributed by atoms with Crippen LogP contribution in [-0.4, -0.2) is 16.6 Å². The predicted molar refractivity (Wildman–Crippen MR) is 99.4 cm³/mol. The number of benzene rings is 2. The van der Waals surface area contributed by atoms with Crippen LogP contribution in [0.25, 0.3) is 0 Å². The van der Waals surface area contributed by atoms with E-state index in [4.69, 9.17) is 17.0 Å². The molecule has 0 aromatic heterocycles. The average molecular weight is 358 g/mol. The van der Waals surface area contributed by atoms with Crippen LogP contribution < -0.4 is 20.5 Å². The molecule has 0 amide bonds. The van der Waals surface area contributed by atoms with Crippen molar-refractivity contribution in [2.45, 2.75) is 19.5 Å². The normalized spacial score (nSPS) is 19.6. The summed E-state index contributed by atoms with van der Waals surface area (Å²) >= 11 is 5.42. The fourth-order valence-electron chi connectivity index (χ4n) is 2.67. The zero-order chi connectivity index (χ0) is 18.0. The number of ether oxygens (including phenoxy) is 1. The first-order valence-electron chi connectivity index (χ1n) is 7.81. The quantitative estimate of drug-likeness (QED) is 0.483. The summed E-state index contributed by atoms with van der Waals surface area (Å²) in [6, 6.07) is 14.0. The Labute approximate surface area is 150 Å². The molecule has 2 N–H and O–H groups in total. The van der Waals surface area contributed by atoms with Gasteiger partial charge in [-0.3, -0.25) is 10.1 Å². The maximum atomic E-state index is 10.8. The Bertz CT molecular complexity index is 795. The second-order valence-corrected chi connectivity index (χ2v) is 6.12. The van der Waals surface area contributed by atoms with E-state index < -0.39 is 10.6 Å². The Morgan fingerprint density at radius 1 is 1.20 bits per heavy atom. The molecule has 0 unspecified atom stereocenters. The minimum Gasteiger partial charge on any atom is -0.494 e. The molecule has 0 bridgehead atoms. The van der Waals surface area contributed by atoms with Crippen molar-refractivity contribution in [3.63, 3.8) is 0 Å². The first-order valence-corrected chi connectivity index (χ1v) is 8.21. The first kappa shape index (κ1) is 17.1. The molecule has 3 rings (SSSR count). The SMILES string of the molecule is CCOc1ccc([C@]2(C)NC(=S)N(c3ccc([N+](=O)[O-])cc3)N2)cc1. The number of thiocarbonyl (C=S) groups is 1. The van der Waals surface area contributed by atoms with Crippen molar-refractivity contribution in [1.82, 2.24) is 10.7 Å². The molecule has 25 heavy (non-hydrogen) atoms. The van der Waals surface area contributed by atoms with Gasteiger partial charge >= 0.3 is 0 Å². The second-order valence-electron chi connectivity index (χ2n) is 5.73. The third-order valence-electron chi connectivity index (χ3n) is 3.96. The van der Waals surface area contributed by atoms with Gasteiger partial charge in [-0.1, -0.05) is 12.1 Å². The Balaban J connectivity index is 1.81. The highest BCUT2D eigenvalue weighted by molar-refractivity contribution is 7.80. The minimum absolute atomic E-state index is 0.0381. The second kappa shape index (κ2) is 6.66. The van der Waals surface area contributed by atoms with Crippen molar-refractivity contribution in [2.24, 2.45) is 0 Å². The van der Waals surface area contributed by atoms with Crippen LogP contribution in [0.2, 0.25) is 0 Å². The Kier molecular flexibility index (Phi) is 4.56. The predicted octanol–water partition coefficient (Wildman–Crippen LogP) is 3.07. The van der Waals surface area contributed by atoms with Crippen molar-refractivity contribution in [2.75, 3.05) is 11.6 Å². The van der Waals surface area contributed by atoms with Gasteiger partial charge in [0.2, 0.25) is 0 Å².